The lowest BCUT2D eigenvalue weighted by Gasteiger charge is -2.32. The third kappa shape index (κ3) is 2.52. The van der Waals surface area contributed by atoms with Crippen molar-refractivity contribution in [2.75, 3.05) is 12.8 Å². The summed E-state index contributed by atoms with van der Waals surface area (Å²) in [5.74, 6) is 0. The second-order valence-corrected chi connectivity index (χ2v) is 7.40. The number of halogens is 1. The van der Waals surface area contributed by atoms with E-state index in [2.05, 4.69) is 43.0 Å². The van der Waals surface area contributed by atoms with Gasteiger partial charge in [0.05, 0.1) is 0 Å². The van der Waals surface area contributed by atoms with Crippen LogP contribution in [-0.2, 0) is 11.2 Å². The van der Waals surface area contributed by atoms with Crippen molar-refractivity contribution in [3.05, 3.63) is 51.9 Å². The van der Waals surface area contributed by atoms with E-state index in [1.807, 2.05) is 29.6 Å². The van der Waals surface area contributed by atoms with Crippen molar-refractivity contribution in [2.45, 2.75) is 17.6 Å². The van der Waals surface area contributed by atoms with Gasteiger partial charge in [-0.15, -0.1) is 0 Å². The number of nitrogens with one attached hydrogen (secondary N) is 1. The van der Waals surface area contributed by atoms with Gasteiger partial charge in [-0.05, 0) is 36.4 Å². The molecule has 0 bridgehead atoms. The number of carbonyl (C=O) groups is 1. The van der Waals surface area contributed by atoms with Crippen LogP contribution in [0.4, 0.5) is 0 Å². The first-order chi connectivity index (χ1) is 11.7. The topological polar surface area (TPSA) is 61.9 Å². The van der Waals surface area contributed by atoms with E-state index in [0.717, 1.165) is 39.2 Å². The van der Waals surface area contributed by atoms with Gasteiger partial charge in [-0.3, -0.25) is 4.79 Å². The van der Waals surface area contributed by atoms with Crippen LogP contribution < -0.4 is 0 Å². The lowest BCUT2D eigenvalue weighted by molar-refractivity contribution is -0.120. The molecule has 1 N–H and O–H groups in total. The fraction of sp³-hybridized carbons (Fsp3) is 0.235. The van der Waals surface area contributed by atoms with E-state index in [-0.39, 0.29) is 6.04 Å². The molecule has 0 radical (unpaired) electrons. The van der Waals surface area contributed by atoms with Crippen LogP contribution in [0.5, 0.6) is 0 Å². The van der Waals surface area contributed by atoms with Crippen LogP contribution in [0.2, 0.25) is 0 Å². The van der Waals surface area contributed by atoms with Crippen LogP contribution in [0.1, 0.15) is 22.9 Å². The zero-order valence-corrected chi connectivity index (χ0v) is 15.4. The smallest absolute Gasteiger partial charge is 0.210 e. The van der Waals surface area contributed by atoms with E-state index in [1.54, 1.807) is 0 Å². The molecule has 2 aromatic heterocycles. The Balaban J connectivity index is 1.88. The lowest BCUT2D eigenvalue weighted by Crippen LogP contribution is -2.35. The van der Waals surface area contributed by atoms with Crippen LogP contribution in [-0.4, -0.2) is 39.1 Å². The number of aromatic amines is 1. The minimum absolute atomic E-state index is 0.173. The molecule has 0 spiro atoms. The van der Waals surface area contributed by atoms with E-state index >= 15 is 0 Å². The molecule has 1 aromatic carbocycles. The third-order valence-electron chi connectivity index (χ3n) is 4.41. The molecule has 1 amide bonds. The van der Waals surface area contributed by atoms with Crippen LogP contribution in [0.25, 0.3) is 10.9 Å². The quantitative estimate of drug-likeness (QED) is 0.413. The van der Waals surface area contributed by atoms with E-state index in [9.17, 15) is 4.79 Å². The van der Waals surface area contributed by atoms with Gasteiger partial charge in [-0.2, -0.15) is 0 Å². The predicted octanol–water partition coefficient (Wildman–Crippen LogP) is 3.55. The maximum absolute atomic E-state index is 11.6. The molecule has 3 heterocycles. The Morgan fingerprint density at radius 2 is 2.17 bits per heavy atom. The Morgan fingerprint density at radius 1 is 1.38 bits per heavy atom. The van der Waals surface area contributed by atoms with E-state index in [1.165, 1.54) is 22.7 Å². The van der Waals surface area contributed by atoms with Crippen LogP contribution in [0, 0.1) is 0 Å². The van der Waals surface area contributed by atoms with Gasteiger partial charge < -0.3 is 9.88 Å². The molecular formula is C17H15BrN4OS. The number of amides is 1. The average Bonchev–Trinajstić information content (AvgIpc) is 2.98. The largest absolute Gasteiger partial charge is 0.356 e. The van der Waals surface area contributed by atoms with Crippen LogP contribution in [0.3, 0.4) is 0 Å². The predicted molar refractivity (Wildman–Crippen MR) is 98.1 cm³/mol. The standard InChI is InChI=1S/C17H15BrN4OS/c1-24-17-19-7-10(8-20-17)16-15-12(4-5-22(16)9-23)13-6-11(18)2-3-14(13)21-15/h2-3,6-9,16,21H,4-5H2,1H3. The van der Waals surface area contributed by atoms with Gasteiger partial charge in [0.15, 0.2) is 5.16 Å². The number of hydrogen-bond donors (Lipinski definition) is 1. The number of aromatic nitrogens is 3. The van der Waals surface area contributed by atoms with Crippen molar-refractivity contribution in [2.24, 2.45) is 0 Å². The van der Waals surface area contributed by atoms with Gasteiger partial charge in [-0.25, -0.2) is 9.97 Å². The molecule has 0 aliphatic carbocycles. The second kappa shape index (κ2) is 6.22. The summed E-state index contributed by atoms with van der Waals surface area (Å²) in [6, 6.07) is 6.04. The number of thioether (sulfide) groups is 1. The van der Waals surface area contributed by atoms with Gasteiger partial charge in [0.2, 0.25) is 6.41 Å². The molecule has 1 aliphatic rings. The maximum Gasteiger partial charge on any atom is 0.210 e. The molecule has 0 fully saturated rings. The molecule has 4 rings (SSSR count). The second-order valence-electron chi connectivity index (χ2n) is 5.71. The highest BCUT2D eigenvalue weighted by atomic mass is 79.9. The number of fused-ring (bicyclic) bond motifs is 3. The van der Waals surface area contributed by atoms with Gasteiger partial charge >= 0.3 is 0 Å². The first-order valence-corrected chi connectivity index (χ1v) is 9.60. The summed E-state index contributed by atoms with van der Waals surface area (Å²) in [7, 11) is 0. The third-order valence-corrected chi connectivity index (χ3v) is 5.48. The number of carbonyl (C=O) groups excluding carboxylic acids is 1. The van der Waals surface area contributed by atoms with Crippen molar-refractivity contribution in [3.63, 3.8) is 0 Å². The summed E-state index contributed by atoms with van der Waals surface area (Å²) in [5.41, 5.74) is 4.33. The Labute approximate surface area is 152 Å². The lowest BCUT2D eigenvalue weighted by atomic mass is 9.94. The summed E-state index contributed by atoms with van der Waals surface area (Å²) < 4.78 is 1.05. The highest BCUT2D eigenvalue weighted by Crippen LogP contribution is 2.38. The Morgan fingerprint density at radius 3 is 2.88 bits per heavy atom. The highest BCUT2D eigenvalue weighted by molar-refractivity contribution is 9.10. The highest BCUT2D eigenvalue weighted by Gasteiger charge is 2.31. The van der Waals surface area contributed by atoms with Crippen molar-refractivity contribution >= 4 is 45.0 Å². The first kappa shape index (κ1) is 15.7. The SMILES string of the molecule is CSc1ncc(C2c3[nH]c4ccc(Br)cc4c3CCN2C=O)cn1. The average molecular weight is 403 g/mol. The van der Waals surface area contributed by atoms with Gasteiger partial charge in [0, 0.05) is 45.6 Å². The normalized spacial score (nSPS) is 17.1. The Hall–Kier alpha value is -1.86. The number of nitrogens with zero attached hydrogens (tertiary/aromatic N) is 3. The molecule has 1 atom stereocenters. The molecule has 24 heavy (non-hydrogen) atoms. The minimum Gasteiger partial charge on any atom is -0.356 e. The fourth-order valence-electron chi connectivity index (χ4n) is 3.32. The maximum atomic E-state index is 11.6. The van der Waals surface area contributed by atoms with Crippen LogP contribution in [0.15, 0.2) is 40.2 Å². The van der Waals surface area contributed by atoms with Gasteiger partial charge in [-0.1, -0.05) is 27.7 Å². The monoisotopic (exact) mass is 402 g/mol. The fourth-order valence-corrected chi connectivity index (χ4v) is 4.00. The first-order valence-electron chi connectivity index (χ1n) is 7.58. The summed E-state index contributed by atoms with van der Waals surface area (Å²) in [5, 5.41) is 1.93. The van der Waals surface area contributed by atoms with Gasteiger partial charge in [0.1, 0.15) is 6.04 Å². The van der Waals surface area contributed by atoms with Crippen molar-refractivity contribution in [1.82, 2.24) is 19.9 Å². The molecule has 1 aliphatic heterocycles. The zero-order valence-electron chi connectivity index (χ0n) is 13.0. The van der Waals surface area contributed by atoms with E-state index in [4.69, 9.17) is 0 Å². The summed E-state index contributed by atoms with van der Waals surface area (Å²) in [6.45, 7) is 0.685. The molecule has 5 nitrogen and oxygen atoms in total. The molecule has 7 heteroatoms. The number of benzene rings is 1. The van der Waals surface area contributed by atoms with E-state index in [0.29, 0.717) is 6.54 Å². The summed E-state index contributed by atoms with van der Waals surface area (Å²) >= 11 is 5.05. The Kier molecular flexibility index (Phi) is 4.05. The molecule has 3 aromatic rings. The number of H-pyrrole nitrogens is 1. The molecule has 0 saturated carbocycles. The molecular weight excluding hydrogens is 388 g/mol. The van der Waals surface area contributed by atoms with Gasteiger partial charge in [0.25, 0.3) is 0 Å². The summed E-state index contributed by atoms with van der Waals surface area (Å²) in [4.78, 5) is 25.7. The van der Waals surface area contributed by atoms with Crippen LogP contribution >= 0.6 is 27.7 Å². The molecule has 122 valence electrons. The minimum atomic E-state index is -0.173. The zero-order chi connectivity index (χ0) is 16.7. The van der Waals surface area contributed by atoms with Crippen molar-refractivity contribution in [3.8, 4) is 0 Å². The van der Waals surface area contributed by atoms with Crippen molar-refractivity contribution in [1.29, 1.82) is 0 Å². The Bertz CT molecular complexity index is 909. The van der Waals surface area contributed by atoms with E-state index < -0.39 is 0 Å². The summed E-state index contributed by atoms with van der Waals surface area (Å²) in [6.07, 6.45) is 7.33. The molecule has 0 saturated heterocycles. The number of rotatable bonds is 3. The number of hydrogen-bond acceptors (Lipinski definition) is 4. The van der Waals surface area contributed by atoms with Crippen molar-refractivity contribution < 1.29 is 4.79 Å². The molecule has 1 unspecified atom stereocenters.